The number of aromatic nitrogens is 2. The second-order valence-corrected chi connectivity index (χ2v) is 6.93. The molecule has 2 N–H and O–H groups in total. The predicted molar refractivity (Wildman–Crippen MR) is 98.9 cm³/mol. The van der Waals surface area contributed by atoms with Crippen LogP contribution in [0.4, 0.5) is 4.79 Å². The van der Waals surface area contributed by atoms with E-state index in [1.807, 2.05) is 57.3 Å². The largest absolute Gasteiger partial charge is 0.444 e. The number of alkyl carbamates (subject to hydrolysis) is 1. The Morgan fingerprint density at radius 1 is 1.15 bits per heavy atom. The maximum Gasteiger partial charge on any atom is 0.407 e. The van der Waals surface area contributed by atoms with Crippen LogP contribution in [-0.2, 0) is 16.1 Å². The summed E-state index contributed by atoms with van der Waals surface area (Å²) in [5.41, 5.74) is 1.47. The van der Waals surface area contributed by atoms with Crippen LogP contribution in [0.2, 0.25) is 0 Å². The predicted octanol–water partition coefficient (Wildman–Crippen LogP) is 2.79. The van der Waals surface area contributed by atoms with Crippen molar-refractivity contribution in [3.8, 4) is 5.69 Å². The summed E-state index contributed by atoms with van der Waals surface area (Å²) in [5, 5.41) is 9.68. The average molecular weight is 358 g/mol. The van der Waals surface area contributed by atoms with E-state index in [9.17, 15) is 9.59 Å². The molecular weight excluding hydrogens is 332 g/mol. The third-order valence-electron chi connectivity index (χ3n) is 3.44. The van der Waals surface area contributed by atoms with E-state index in [4.69, 9.17) is 4.74 Å². The lowest BCUT2D eigenvalue weighted by Gasteiger charge is -2.19. The van der Waals surface area contributed by atoms with Crippen LogP contribution in [0.25, 0.3) is 5.69 Å². The highest BCUT2D eigenvalue weighted by molar-refractivity contribution is 5.76. The van der Waals surface area contributed by atoms with Crippen molar-refractivity contribution in [3.63, 3.8) is 0 Å². The monoisotopic (exact) mass is 358 g/mol. The van der Waals surface area contributed by atoms with Crippen LogP contribution in [0.5, 0.6) is 0 Å². The Balaban J connectivity index is 1.63. The van der Waals surface area contributed by atoms with Gasteiger partial charge in [-0.2, -0.15) is 5.10 Å². The molecular formula is C19H26N4O3. The van der Waals surface area contributed by atoms with Crippen molar-refractivity contribution in [3.05, 3.63) is 48.3 Å². The normalized spacial score (nSPS) is 11.0. The van der Waals surface area contributed by atoms with Gasteiger partial charge >= 0.3 is 6.09 Å². The summed E-state index contributed by atoms with van der Waals surface area (Å²) in [6.45, 7) is 6.30. The molecule has 0 radical (unpaired) electrons. The Morgan fingerprint density at radius 2 is 1.88 bits per heavy atom. The van der Waals surface area contributed by atoms with E-state index in [2.05, 4.69) is 15.7 Å². The van der Waals surface area contributed by atoms with Crippen molar-refractivity contribution in [1.29, 1.82) is 0 Å². The molecule has 1 aromatic carbocycles. The van der Waals surface area contributed by atoms with Gasteiger partial charge in [0.15, 0.2) is 0 Å². The van der Waals surface area contributed by atoms with Gasteiger partial charge in [0.05, 0.1) is 5.69 Å². The SMILES string of the molecule is CC(C)(C)OC(=O)NCCCC(=O)NCc1ccc(-n2cccn2)cc1. The second-order valence-electron chi connectivity index (χ2n) is 6.93. The summed E-state index contributed by atoms with van der Waals surface area (Å²) in [6, 6.07) is 9.70. The summed E-state index contributed by atoms with van der Waals surface area (Å²) >= 11 is 0. The van der Waals surface area contributed by atoms with Gasteiger partial charge in [-0.3, -0.25) is 4.79 Å². The van der Waals surface area contributed by atoms with E-state index >= 15 is 0 Å². The molecule has 1 heterocycles. The number of nitrogens with one attached hydrogen (secondary N) is 2. The maximum atomic E-state index is 11.9. The van der Waals surface area contributed by atoms with Gasteiger partial charge in [0.25, 0.3) is 0 Å². The van der Waals surface area contributed by atoms with Crippen molar-refractivity contribution in [2.45, 2.75) is 45.8 Å². The first-order valence-electron chi connectivity index (χ1n) is 8.66. The Kier molecular flexibility index (Phi) is 6.77. The topological polar surface area (TPSA) is 85.2 Å². The van der Waals surface area contributed by atoms with Gasteiger partial charge in [-0.15, -0.1) is 0 Å². The number of nitrogens with zero attached hydrogens (tertiary/aromatic N) is 2. The van der Waals surface area contributed by atoms with Gasteiger partial charge in [-0.05, 0) is 51.0 Å². The Hall–Kier alpha value is -2.83. The van der Waals surface area contributed by atoms with Crippen LogP contribution >= 0.6 is 0 Å². The zero-order valence-corrected chi connectivity index (χ0v) is 15.5. The van der Waals surface area contributed by atoms with Gasteiger partial charge < -0.3 is 15.4 Å². The standard InChI is InChI=1S/C19H26N4O3/c1-19(2,3)26-18(25)20-11-4-6-17(24)21-14-15-7-9-16(10-8-15)23-13-5-12-22-23/h5,7-10,12-13H,4,6,11,14H2,1-3H3,(H,20,25)(H,21,24). The minimum atomic E-state index is -0.519. The molecule has 7 nitrogen and oxygen atoms in total. The molecule has 140 valence electrons. The summed E-state index contributed by atoms with van der Waals surface area (Å²) in [5.74, 6) is -0.0489. The van der Waals surface area contributed by atoms with Gasteiger partial charge in [0.2, 0.25) is 5.91 Å². The fourth-order valence-electron chi connectivity index (χ4n) is 2.23. The van der Waals surface area contributed by atoms with Crippen molar-refractivity contribution < 1.29 is 14.3 Å². The summed E-state index contributed by atoms with van der Waals surface area (Å²) in [6.07, 6.45) is 4.05. The van der Waals surface area contributed by atoms with Crippen LogP contribution < -0.4 is 10.6 Å². The highest BCUT2D eigenvalue weighted by atomic mass is 16.6. The molecule has 2 amide bonds. The molecule has 26 heavy (non-hydrogen) atoms. The van der Waals surface area contributed by atoms with Crippen molar-refractivity contribution in [1.82, 2.24) is 20.4 Å². The Labute approximate surface area is 153 Å². The number of hydrogen-bond acceptors (Lipinski definition) is 4. The number of rotatable bonds is 7. The minimum absolute atomic E-state index is 0.0489. The summed E-state index contributed by atoms with van der Waals surface area (Å²) in [7, 11) is 0. The minimum Gasteiger partial charge on any atom is -0.444 e. The fourth-order valence-corrected chi connectivity index (χ4v) is 2.23. The summed E-state index contributed by atoms with van der Waals surface area (Å²) in [4.78, 5) is 23.4. The highest BCUT2D eigenvalue weighted by Crippen LogP contribution is 2.09. The van der Waals surface area contributed by atoms with Crippen molar-refractivity contribution >= 4 is 12.0 Å². The first-order valence-corrected chi connectivity index (χ1v) is 8.66. The van der Waals surface area contributed by atoms with E-state index in [0.29, 0.717) is 25.9 Å². The van der Waals surface area contributed by atoms with E-state index in [-0.39, 0.29) is 5.91 Å². The molecule has 0 aliphatic rings. The quantitative estimate of drug-likeness (QED) is 0.745. The van der Waals surface area contributed by atoms with Crippen LogP contribution in [0.15, 0.2) is 42.7 Å². The van der Waals surface area contributed by atoms with E-state index in [1.54, 1.807) is 10.9 Å². The van der Waals surface area contributed by atoms with Crippen LogP contribution in [0.3, 0.4) is 0 Å². The lowest BCUT2D eigenvalue weighted by Crippen LogP contribution is -2.33. The summed E-state index contributed by atoms with van der Waals surface area (Å²) < 4.78 is 6.91. The number of amides is 2. The molecule has 0 saturated carbocycles. The molecule has 7 heteroatoms. The molecule has 0 fully saturated rings. The molecule has 0 unspecified atom stereocenters. The number of carbonyl (C=O) groups excluding carboxylic acids is 2. The average Bonchev–Trinajstić information content (AvgIpc) is 3.10. The maximum absolute atomic E-state index is 11.9. The number of hydrogen-bond donors (Lipinski definition) is 2. The molecule has 0 bridgehead atoms. The molecule has 2 rings (SSSR count). The highest BCUT2D eigenvalue weighted by Gasteiger charge is 2.15. The molecule has 0 spiro atoms. The fraction of sp³-hybridized carbons (Fsp3) is 0.421. The molecule has 0 aliphatic carbocycles. The zero-order valence-electron chi connectivity index (χ0n) is 15.5. The van der Waals surface area contributed by atoms with Gasteiger partial charge in [0.1, 0.15) is 5.60 Å². The van der Waals surface area contributed by atoms with Crippen molar-refractivity contribution in [2.24, 2.45) is 0 Å². The van der Waals surface area contributed by atoms with Crippen molar-refractivity contribution in [2.75, 3.05) is 6.54 Å². The first-order chi connectivity index (χ1) is 12.3. The number of ether oxygens (including phenoxy) is 1. The first kappa shape index (κ1) is 19.5. The number of carbonyl (C=O) groups is 2. The van der Waals surface area contributed by atoms with Crippen LogP contribution in [-0.4, -0.2) is 33.9 Å². The Morgan fingerprint density at radius 3 is 2.50 bits per heavy atom. The van der Waals surface area contributed by atoms with Crippen LogP contribution in [0, 0.1) is 0 Å². The molecule has 2 aromatic rings. The van der Waals surface area contributed by atoms with Crippen LogP contribution in [0.1, 0.15) is 39.2 Å². The lowest BCUT2D eigenvalue weighted by molar-refractivity contribution is -0.121. The van der Waals surface area contributed by atoms with E-state index in [0.717, 1.165) is 11.3 Å². The smallest absolute Gasteiger partial charge is 0.407 e. The molecule has 0 atom stereocenters. The van der Waals surface area contributed by atoms with Gasteiger partial charge in [-0.1, -0.05) is 12.1 Å². The lowest BCUT2D eigenvalue weighted by atomic mass is 10.2. The zero-order chi connectivity index (χ0) is 19.0. The third-order valence-corrected chi connectivity index (χ3v) is 3.44. The van der Waals surface area contributed by atoms with Gasteiger partial charge in [0, 0.05) is 31.9 Å². The van der Waals surface area contributed by atoms with Gasteiger partial charge in [-0.25, -0.2) is 9.48 Å². The molecule has 0 aliphatic heterocycles. The molecule has 0 saturated heterocycles. The molecule has 1 aromatic heterocycles. The Bertz CT molecular complexity index is 703. The van der Waals surface area contributed by atoms with E-state index in [1.165, 1.54) is 0 Å². The third kappa shape index (κ3) is 6.96. The number of benzene rings is 1. The second kappa shape index (κ2) is 9.03. The van der Waals surface area contributed by atoms with E-state index < -0.39 is 11.7 Å².